The molecule has 1 saturated heterocycles. The Morgan fingerprint density at radius 2 is 1.71 bits per heavy atom. The molecule has 2 heterocycles. The lowest BCUT2D eigenvalue weighted by molar-refractivity contribution is -0.105. The average molecular weight is 499 g/mol. The van der Waals surface area contributed by atoms with E-state index >= 15 is 0 Å². The highest BCUT2D eigenvalue weighted by Gasteiger charge is 2.24. The fourth-order valence-electron chi connectivity index (χ4n) is 4.65. The topological polar surface area (TPSA) is 53.5 Å². The van der Waals surface area contributed by atoms with E-state index in [2.05, 4.69) is 49.0 Å². The van der Waals surface area contributed by atoms with Crippen LogP contribution in [0.15, 0.2) is 36.7 Å². The number of hydrogen-bond donors (Lipinski definition) is 0. The summed E-state index contributed by atoms with van der Waals surface area (Å²) in [5.74, 6) is 1.78. The van der Waals surface area contributed by atoms with Gasteiger partial charge < -0.3 is 13.9 Å². The first-order valence-electron chi connectivity index (χ1n) is 13.8. The molecule has 0 bridgehead atoms. The van der Waals surface area contributed by atoms with Crippen LogP contribution in [0.5, 0.6) is 5.75 Å². The van der Waals surface area contributed by atoms with Crippen LogP contribution in [0.4, 0.5) is 0 Å². The number of unbranched alkanes of at least 4 members (excludes halogenated alkanes) is 4. The van der Waals surface area contributed by atoms with Crippen molar-refractivity contribution in [1.82, 2.24) is 9.97 Å². The minimum Gasteiger partial charge on any atom is -0.465 e. The van der Waals surface area contributed by atoms with Crippen LogP contribution in [-0.4, -0.2) is 37.3 Å². The molecule has 0 aliphatic carbocycles. The summed E-state index contributed by atoms with van der Waals surface area (Å²) >= 11 is 0. The lowest BCUT2D eigenvalue weighted by atomic mass is 10.1. The summed E-state index contributed by atoms with van der Waals surface area (Å²) in [7, 11) is -1.48. The van der Waals surface area contributed by atoms with Crippen molar-refractivity contribution in [2.75, 3.05) is 6.61 Å². The molecule has 35 heavy (non-hydrogen) atoms. The van der Waals surface area contributed by atoms with E-state index in [9.17, 15) is 0 Å². The second-order valence-corrected chi connectivity index (χ2v) is 14.8. The van der Waals surface area contributed by atoms with Gasteiger partial charge in [-0.2, -0.15) is 0 Å². The first kappa shape index (κ1) is 27.8. The molecule has 0 saturated carbocycles. The minimum absolute atomic E-state index is 0.113. The molecule has 5 nitrogen and oxygen atoms in total. The second-order valence-electron chi connectivity index (χ2n) is 10.6. The summed E-state index contributed by atoms with van der Waals surface area (Å²) < 4.78 is 18.0. The molecule has 0 spiro atoms. The van der Waals surface area contributed by atoms with Crippen molar-refractivity contribution in [3.63, 3.8) is 0 Å². The first-order chi connectivity index (χ1) is 16.9. The Kier molecular flexibility index (Phi) is 11.7. The number of aryl methyl sites for hydroxylation is 1. The van der Waals surface area contributed by atoms with E-state index in [1.807, 2.05) is 24.5 Å². The van der Waals surface area contributed by atoms with Gasteiger partial charge in [0.15, 0.2) is 14.6 Å². The lowest BCUT2D eigenvalue weighted by Crippen LogP contribution is -2.34. The van der Waals surface area contributed by atoms with E-state index in [-0.39, 0.29) is 6.29 Å². The Morgan fingerprint density at radius 1 is 0.971 bits per heavy atom. The van der Waals surface area contributed by atoms with Crippen molar-refractivity contribution in [1.29, 1.82) is 0 Å². The second kappa shape index (κ2) is 14.7. The van der Waals surface area contributed by atoms with Crippen molar-refractivity contribution in [2.45, 2.75) is 116 Å². The van der Waals surface area contributed by atoms with E-state index < -0.39 is 8.32 Å². The summed E-state index contributed by atoms with van der Waals surface area (Å²) in [5, 5.41) is 0. The number of rotatable bonds is 15. The molecule has 194 valence electrons. The van der Waals surface area contributed by atoms with Crippen LogP contribution < -0.4 is 4.74 Å². The fraction of sp³-hybridized carbons (Fsp3) is 0.655. The monoisotopic (exact) mass is 498 g/mol. The Hall–Kier alpha value is -1.76. The molecular formula is C29H46N2O3Si. The summed E-state index contributed by atoms with van der Waals surface area (Å²) in [6.45, 7) is 10.0. The van der Waals surface area contributed by atoms with Gasteiger partial charge in [0.05, 0.1) is 6.61 Å². The van der Waals surface area contributed by atoms with Crippen LogP contribution in [-0.2, 0) is 15.6 Å². The zero-order chi connectivity index (χ0) is 24.9. The molecule has 0 amide bonds. The molecule has 1 fully saturated rings. The molecule has 3 rings (SSSR count). The SMILES string of the molecule is CCCC[Si](C)(C)OC(C)CCCCCCc1ncc(-c2ccc(OC3CCCCO3)cc2)cn1. The lowest BCUT2D eigenvalue weighted by Gasteiger charge is -2.27. The summed E-state index contributed by atoms with van der Waals surface area (Å²) in [6.07, 6.45) is 16.9. The maximum Gasteiger partial charge on any atom is 0.199 e. The Labute approximate surface area is 214 Å². The van der Waals surface area contributed by atoms with Gasteiger partial charge in [-0.25, -0.2) is 9.97 Å². The first-order valence-corrected chi connectivity index (χ1v) is 16.9. The van der Waals surface area contributed by atoms with Crippen molar-refractivity contribution < 1.29 is 13.9 Å². The summed E-state index contributed by atoms with van der Waals surface area (Å²) in [4.78, 5) is 9.21. The molecule has 2 atom stereocenters. The Bertz CT molecular complexity index is 836. The van der Waals surface area contributed by atoms with E-state index in [0.717, 1.165) is 55.0 Å². The highest BCUT2D eigenvalue weighted by Crippen LogP contribution is 2.24. The smallest absolute Gasteiger partial charge is 0.199 e. The van der Waals surface area contributed by atoms with Crippen LogP contribution >= 0.6 is 0 Å². The van der Waals surface area contributed by atoms with E-state index in [1.54, 1.807) is 0 Å². The number of aromatic nitrogens is 2. The number of ether oxygens (including phenoxy) is 2. The van der Waals surface area contributed by atoms with Crippen LogP contribution in [0.25, 0.3) is 11.1 Å². The molecule has 1 aliphatic rings. The zero-order valence-corrected chi connectivity index (χ0v) is 23.4. The van der Waals surface area contributed by atoms with Gasteiger partial charge in [0.1, 0.15) is 11.6 Å². The molecule has 0 N–H and O–H groups in total. The largest absolute Gasteiger partial charge is 0.465 e. The third-order valence-corrected chi connectivity index (χ3v) is 9.31. The van der Waals surface area contributed by atoms with Crippen LogP contribution in [0, 0.1) is 0 Å². The number of benzene rings is 1. The van der Waals surface area contributed by atoms with Gasteiger partial charge in [-0.15, -0.1) is 0 Å². The Morgan fingerprint density at radius 3 is 2.40 bits per heavy atom. The Balaban J connectivity index is 1.32. The van der Waals surface area contributed by atoms with Crippen LogP contribution in [0.2, 0.25) is 19.1 Å². The van der Waals surface area contributed by atoms with E-state index in [4.69, 9.17) is 13.9 Å². The molecule has 6 heteroatoms. The minimum atomic E-state index is -1.48. The number of hydrogen-bond acceptors (Lipinski definition) is 5. The zero-order valence-electron chi connectivity index (χ0n) is 22.4. The highest BCUT2D eigenvalue weighted by atomic mass is 28.4. The maximum atomic E-state index is 6.41. The van der Waals surface area contributed by atoms with Crippen LogP contribution in [0.3, 0.4) is 0 Å². The molecule has 0 radical (unpaired) electrons. The van der Waals surface area contributed by atoms with Gasteiger partial charge in [-0.1, -0.05) is 51.2 Å². The number of nitrogens with zero attached hydrogens (tertiary/aromatic N) is 2. The third kappa shape index (κ3) is 10.4. The van der Waals surface area contributed by atoms with E-state index in [0.29, 0.717) is 6.10 Å². The standard InChI is InChI=1S/C29H46N2O3Si/c1-5-6-21-35(3,4)34-24(2)13-9-7-8-10-14-28-30-22-26(23-31-28)25-16-18-27(19-17-25)33-29-15-11-12-20-32-29/h16-19,22-24,29H,5-15,20-21H2,1-4H3. The maximum absolute atomic E-state index is 6.41. The molecular weight excluding hydrogens is 452 g/mol. The molecule has 2 aromatic rings. The van der Waals surface area contributed by atoms with Gasteiger partial charge in [0.25, 0.3) is 0 Å². The molecule has 1 aromatic heterocycles. The molecule has 1 aliphatic heterocycles. The predicted octanol–water partition coefficient (Wildman–Crippen LogP) is 7.95. The average Bonchev–Trinajstić information content (AvgIpc) is 2.86. The van der Waals surface area contributed by atoms with Crippen molar-refractivity contribution in [3.05, 3.63) is 42.5 Å². The summed E-state index contributed by atoms with van der Waals surface area (Å²) in [6, 6.07) is 9.41. The molecule has 2 unspecified atom stereocenters. The van der Waals surface area contributed by atoms with E-state index in [1.165, 1.54) is 51.0 Å². The van der Waals surface area contributed by atoms with Crippen molar-refractivity contribution in [2.24, 2.45) is 0 Å². The van der Waals surface area contributed by atoms with Gasteiger partial charge in [0.2, 0.25) is 0 Å². The van der Waals surface area contributed by atoms with Crippen molar-refractivity contribution >= 4 is 8.32 Å². The van der Waals surface area contributed by atoms with Gasteiger partial charge in [-0.3, -0.25) is 0 Å². The quantitative estimate of drug-likeness (QED) is 0.184. The normalized spacial score (nSPS) is 17.3. The van der Waals surface area contributed by atoms with Crippen LogP contribution in [0.1, 0.15) is 83.9 Å². The highest BCUT2D eigenvalue weighted by molar-refractivity contribution is 6.71. The summed E-state index contributed by atoms with van der Waals surface area (Å²) in [5.41, 5.74) is 2.14. The molecule has 1 aromatic carbocycles. The third-order valence-electron chi connectivity index (χ3n) is 6.71. The van der Waals surface area contributed by atoms with Gasteiger partial charge in [0, 0.05) is 36.9 Å². The fourth-order valence-corrected chi connectivity index (χ4v) is 7.18. The van der Waals surface area contributed by atoms with Gasteiger partial charge >= 0.3 is 0 Å². The van der Waals surface area contributed by atoms with Gasteiger partial charge in [-0.05, 0) is 69.4 Å². The predicted molar refractivity (Wildman–Crippen MR) is 146 cm³/mol. The van der Waals surface area contributed by atoms with Crippen molar-refractivity contribution in [3.8, 4) is 16.9 Å².